The van der Waals surface area contributed by atoms with Crippen LogP contribution in [0.25, 0.3) is 0 Å². The molecule has 0 aliphatic carbocycles. The molecule has 0 radical (unpaired) electrons. The lowest BCUT2D eigenvalue weighted by molar-refractivity contribution is 0.126. The van der Waals surface area contributed by atoms with Crippen LogP contribution in [0.15, 0.2) is 0 Å². The molecule has 14 heavy (non-hydrogen) atoms. The average molecular weight is 265 g/mol. The SMILES string of the molecule is CCCCCCOCCCCCCBr. The highest BCUT2D eigenvalue weighted by molar-refractivity contribution is 9.09. The van der Waals surface area contributed by atoms with Crippen LogP contribution in [-0.4, -0.2) is 18.5 Å². The Morgan fingerprint density at radius 2 is 1.36 bits per heavy atom. The van der Waals surface area contributed by atoms with E-state index in [1.165, 1.54) is 51.4 Å². The third-order valence-electron chi connectivity index (χ3n) is 2.31. The minimum absolute atomic E-state index is 0.967. The molecule has 0 saturated heterocycles. The van der Waals surface area contributed by atoms with Crippen LogP contribution in [0.1, 0.15) is 58.3 Å². The molecule has 0 saturated carbocycles. The van der Waals surface area contributed by atoms with Crippen LogP contribution in [0.2, 0.25) is 0 Å². The van der Waals surface area contributed by atoms with Crippen LogP contribution in [-0.2, 0) is 4.74 Å². The first-order chi connectivity index (χ1) is 6.91. The van der Waals surface area contributed by atoms with E-state index < -0.39 is 0 Å². The molecule has 0 aliphatic heterocycles. The standard InChI is InChI=1S/C12H25BrO/c1-2-3-4-8-11-14-12-9-6-5-7-10-13/h2-12H2,1H3. The lowest BCUT2D eigenvalue weighted by Crippen LogP contribution is -1.97. The summed E-state index contributed by atoms with van der Waals surface area (Å²) >= 11 is 3.44. The summed E-state index contributed by atoms with van der Waals surface area (Å²) in [5.74, 6) is 0. The molecule has 0 aromatic rings. The topological polar surface area (TPSA) is 9.23 Å². The van der Waals surface area contributed by atoms with Gasteiger partial charge in [-0.15, -0.1) is 0 Å². The maximum atomic E-state index is 5.55. The van der Waals surface area contributed by atoms with Gasteiger partial charge in [-0.05, 0) is 19.3 Å². The molecule has 0 atom stereocenters. The van der Waals surface area contributed by atoms with Gasteiger partial charge in [0.25, 0.3) is 0 Å². The minimum atomic E-state index is 0.967. The Kier molecular flexibility index (Phi) is 13.9. The number of ether oxygens (including phenoxy) is 1. The van der Waals surface area contributed by atoms with Gasteiger partial charge in [-0.25, -0.2) is 0 Å². The van der Waals surface area contributed by atoms with Gasteiger partial charge in [0.1, 0.15) is 0 Å². The first-order valence-electron chi connectivity index (χ1n) is 6.05. The van der Waals surface area contributed by atoms with Crippen LogP contribution in [0, 0.1) is 0 Å². The van der Waals surface area contributed by atoms with E-state index in [2.05, 4.69) is 22.9 Å². The predicted octanol–water partition coefficient (Wildman–Crippen LogP) is 4.54. The van der Waals surface area contributed by atoms with Gasteiger partial charge in [0, 0.05) is 18.5 Å². The largest absolute Gasteiger partial charge is 0.381 e. The Bertz CT molecular complexity index is 84.3. The van der Waals surface area contributed by atoms with E-state index in [1.807, 2.05) is 0 Å². The monoisotopic (exact) mass is 264 g/mol. The highest BCUT2D eigenvalue weighted by atomic mass is 79.9. The summed E-state index contributed by atoms with van der Waals surface area (Å²) in [4.78, 5) is 0. The van der Waals surface area contributed by atoms with Crippen molar-refractivity contribution in [2.24, 2.45) is 0 Å². The van der Waals surface area contributed by atoms with E-state index in [4.69, 9.17) is 4.74 Å². The molecular weight excluding hydrogens is 240 g/mol. The normalized spacial score (nSPS) is 10.7. The number of unbranched alkanes of at least 4 members (excludes halogenated alkanes) is 6. The first-order valence-corrected chi connectivity index (χ1v) is 7.17. The van der Waals surface area contributed by atoms with Crippen LogP contribution >= 0.6 is 15.9 Å². The summed E-state index contributed by atoms with van der Waals surface area (Å²) in [7, 11) is 0. The molecule has 0 N–H and O–H groups in total. The number of hydrogen-bond acceptors (Lipinski definition) is 1. The molecule has 0 aromatic carbocycles. The molecule has 0 bridgehead atoms. The molecule has 0 unspecified atom stereocenters. The maximum Gasteiger partial charge on any atom is 0.0466 e. The van der Waals surface area contributed by atoms with Gasteiger partial charge in [0.15, 0.2) is 0 Å². The summed E-state index contributed by atoms with van der Waals surface area (Å²) in [5, 5.41) is 1.14. The Balaban J connectivity index is 2.78. The fourth-order valence-electron chi connectivity index (χ4n) is 1.39. The molecule has 0 amide bonds. The predicted molar refractivity (Wildman–Crippen MR) is 67.2 cm³/mol. The highest BCUT2D eigenvalue weighted by Gasteiger charge is 1.91. The first kappa shape index (κ1) is 14.4. The lowest BCUT2D eigenvalue weighted by Gasteiger charge is -2.03. The van der Waals surface area contributed by atoms with Crippen molar-refractivity contribution in [3.05, 3.63) is 0 Å². The molecule has 0 aromatic heterocycles. The Labute approximate surface area is 97.7 Å². The van der Waals surface area contributed by atoms with E-state index in [-0.39, 0.29) is 0 Å². The van der Waals surface area contributed by atoms with Crippen LogP contribution in [0.3, 0.4) is 0 Å². The summed E-state index contributed by atoms with van der Waals surface area (Å²) in [5.41, 5.74) is 0. The molecule has 0 heterocycles. The van der Waals surface area contributed by atoms with Gasteiger partial charge in [-0.3, -0.25) is 0 Å². The number of hydrogen-bond donors (Lipinski definition) is 0. The number of rotatable bonds is 11. The fraction of sp³-hybridized carbons (Fsp3) is 1.00. The fourth-order valence-corrected chi connectivity index (χ4v) is 1.78. The molecule has 0 spiro atoms. The summed E-state index contributed by atoms with van der Waals surface area (Å²) < 4.78 is 5.55. The second-order valence-electron chi connectivity index (χ2n) is 3.78. The molecule has 0 rings (SSSR count). The van der Waals surface area contributed by atoms with E-state index in [0.717, 1.165) is 18.5 Å². The summed E-state index contributed by atoms with van der Waals surface area (Å²) in [6.07, 6.45) is 10.4. The van der Waals surface area contributed by atoms with Crippen molar-refractivity contribution in [3.8, 4) is 0 Å². The van der Waals surface area contributed by atoms with Gasteiger partial charge in [-0.1, -0.05) is 55.0 Å². The van der Waals surface area contributed by atoms with Crippen molar-refractivity contribution < 1.29 is 4.74 Å². The van der Waals surface area contributed by atoms with Crippen molar-refractivity contribution in [3.63, 3.8) is 0 Å². The van der Waals surface area contributed by atoms with Gasteiger partial charge in [0.05, 0.1) is 0 Å². The summed E-state index contributed by atoms with van der Waals surface area (Å²) in [6.45, 7) is 4.18. The molecule has 0 fully saturated rings. The van der Waals surface area contributed by atoms with E-state index >= 15 is 0 Å². The van der Waals surface area contributed by atoms with Crippen molar-refractivity contribution in [2.75, 3.05) is 18.5 Å². The van der Waals surface area contributed by atoms with Crippen LogP contribution < -0.4 is 0 Å². The van der Waals surface area contributed by atoms with Crippen LogP contribution in [0.4, 0.5) is 0 Å². The average Bonchev–Trinajstić information content (AvgIpc) is 2.21. The molecular formula is C12H25BrO. The zero-order valence-corrected chi connectivity index (χ0v) is 11.2. The Morgan fingerprint density at radius 3 is 1.93 bits per heavy atom. The molecule has 1 nitrogen and oxygen atoms in total. The van der Waals surface area contributed by atoms with E-state index in [9.17, 15) is 0 Å². The van der Waals surface area contributed by atoms with Gasteiger partial charge < -0.3 is 4.74 Å². The van der Waals surface area contributed by atoms with Gasteiger partial charge in [0.2, 0.25) is 0 Å². The third-order valence-corrected chi connectivity index (χ3v) is 2.88. The van der Waals surface area contributed by atoms with Crippen molar-refractivity contribution in [2.45, 2.75) is 58.3 Å². The molecule has 2 heteroatoms. The zero-order chi connectivity index (χ0) is 10.5. The van der Waals surface area contributed by atoms with Crippen molar-refractivity contribution >= 4 is 15.9 Å². The second kappa shape index (κ2) is 13.4. The Morgan fingerprint density at radius 1 is 0.786 bits per heavy atom. The quantitative estimate of drug-likeness (QED) is 0.393. The zero-order valence-electron chi connectivity index (χ0n) is 9.56. The van der Waals surface area contributed by atoms with E-state index in [0.29, 0.717) is 0 Å². The minimum Gasteiger partial charge on any atom is -0.381 e. The Hall–Kier alpha value is 0.440. The third kappa shape index (κ3) is 12.4. The lowest BCUT2D eigenvalue weighted by atomic mass is 10.2. The number of halogens is 1. The van der Waals surface area contributed by atoms with Crippen LogP contribution in [0.5, 0.6) is 0 Å². The maximum absolute atomic E-state index is 5.55. The second-order valence-corrected chi connectivity index (χ2v) is 4.57. The van der Waals surface area contributed by atoms with Crippen molar-refractivity contribution in [1.82, 2.24) is 0 Å². The highest BCUT2D eigenvalue weighted by Crippen LogP contribution is 2.03. The van der Waals surface area contributed by atoms with Crippen molar-refractivity contribution in [1.29, 1.82) is 0 Å². The smallest absolute Gasteiger partial charge is 0.0466 e. The van der Waals surface area contributed by atoms with Gasteiger partial charge in [-0.2, -0.15) is 0 Å². The molecule has 0 aliphatic rings. The molecule has 86 valence electrons. The van der Waals surface area contributed by atoms with Gasteiger partial charge >= 0.3 is 0 Å². The summed E-state index contributed by atoms with van der Waals surface area (Å²) in [6, 6.07) is 0. The van der Waals surface area contributed by atoms with E-state index in [1.54, 1.807) is 0 Å². The number of alkyl halides is 1.